The molecule has 2 unspecified atom stereocenters. The lowest BCUT2D eigenvalue weighted by Crippen LogP contribution is -2.37. The van der Waals surface area contributed by atoms with E-state index in [1.54, 1.807) is 0 Å². The molecule has 88 valence electrons. The van der Waals surface area contributed by atoms with Crippen molar-refractivity contribution in [1.82, 2.24) is 10.2 Å². The SMILES string of the molecule is CCCCC1NC(CC)N(CCC)C1=O. The van der Waals surface area contributed by atoms with Gasteiger partial charge in [-0.15, -0.1) is 0 Å². The van der Waals surface area contributed by atoms with E-state index in [1.165, 1.54) is 0 Å². The van der Waals surface area contributed by atoms with Gasteiger partial charge in [0.05, 0.1) is 12.2 Å². The number of carbonyl (C=O) groups excluding carboxylic acids is 1. The third-order valence-corrected chi connectivity index (χ3v) is 3.05. The zero-order valence-corrected chi connectivity index (χ0v) is 10.3. The summed E-state index contributed by atoms with van der Waals surface area (Å²) in [6.07, 6.45) is 5.63. The van der Waals surface area contributed by atoms with Crippen LogP contribution in [0.4, 0.5) is 0 Å². The first-order chi connectivity index (χ1) is 7.24. The Morgan fingerprint density at radius 1 is 1.27 bits per heavy atom. The normalized spacial score (nSPS) is 26.3. The number of hydrogen-bond acceptors (Lipinski definition) is 2. The van der Waals surface area contributed by atoms with Gasteiger partial charge in [0.1, 0.15) is 0 Å². The minimum Gasteiger partial charge on any atom is -0.326 e. The topological polar surface area (TPSA) is 32.3 Å². The highest BCUT2D eigenvalue weighted by Crippen LogP contribution is 2.17. The molecule has 2 atom stereocenters. The predicted octanol–water partition coefficient (Wildman–Crippen LogP) is 2.12. The van der Waals surface area contributed by atoms with Crippen LogP contribution >= 0.6 is 0 Å². The van der Waals surface area contributed by atoms with Crippen LogP contribution in [0.2, 0.25) is 0 Å². The number of hydrogen-bond donors (Lipinski definition) is 1. The van der Waals surface area contributed by atoms with Crippen molar-refractivity contribution in [3.05, 3.63) is 0 Å². The molecule has 1 N–H and O–H groups in total. The van der Waals surface area contributed by atoms with E-state index in [0.717, 1.165) is 38.6 Å². The van der Waals surface area contributed by atoms with Gasteiger partial charge in [0.15, 0.2) is 0 Å². The first-order valence-corrected chi connectivity index (χ1v) is 6.31. The molecule has 1 saturated heterocycles. The second-order valence-electron chi connectivity index (χ2n) is 4.32. The molecular weight excluding hydrogens is 188 g/mol. The summed E-state index contributed by atoms with van der Waals surface area (Å²) in [6.45, 7) is 7.32. The Balaban J connectivity index is 2.53. The lowest BCUT2D eigenvalue weighted by Gasteiger charge is -2.22. The smallest absolute Gasteiger partial charge is 0.241 e. The van der Waals surface area contributed by atoms with E-state index in [0.29, 0.717) is 5.91 Å². The lowest BCUT2D eigenvalue weighted by molar-refractivity contribution is -0.130. The van der Waals surface area contributed by atoms with E-state index in [-0.39, 0.29) is 12.2 Å². The fourth-order valence-electron chi connectivity index (χ4n) is 2.21. The Hall–Kier alpha value is -0.570. The summed E-state index contributed by atoms with van der Waals surface area (Å²) < 4.78 is 0. The van der Waals surface area contributed by atoms with Crippen molar-refractivity contribution in [2.45, 2.75) is 65.1 Å². The van der Waals surface area contributed by atoms with Crippen LogP contribution in [0.15, 0.2) is 0 Å². The van der Waals surface area contributed by atoms with Crippen LogP contribution in [-0.2, 0) is 4.79 Å². The molecule has 0 aromatic rings. The van der Waals surface area contributed by atoms with E-state index in [4.69, 9.17) is 0 Å². The Morgan fingerprint density at radius 3 is 2.53 bits per heavy atom. The maximum Gasteiger partial charge on any atom is 0.241 e. The van der Waals surface area contributed by atoms with Gasteiger partial charge in [0, 0.05) is 6.54 Å². The number of nitrogens with zero attached hydrogens (tertiary/aromatic N) is 1. The summed E-state index contributed by atoms with van der Waals surface area (Å²) in [5.74, 6) is 0.317. The zero-order valence-electron chi connectivity index (χ0n) is 10.3. The average molecular weight is 212 g/mol. The third-order valence-electron chi connectivity index (χ3n) is 3.05. The highest BCUT2D eigenvalue weighted by atomic mass is 16.2. The Kier molecular flexibility index (Phi) is 5.09. The van der Waals surface area contributed by atoms with Gasteiger partial charge in [0.25, 0.3) is 0 Å². The number of amides is 1. The molecule has 0 bridgehead atoms. The number of unbranched alkanes of at least 4 members (excludes halogenated alkanes) is 1. The largest absolute Gasteiger partial charge is 0.326 e. The quantitative estimate of drug-likeness (QED) is 0.731. The van der Waals surface area contributed by atoms with Crippen molar-refractivity contribution in [2.75, 3.05) is 6.54 Å². The molecule has 15 heavy (non-hydrogen) atoms. The van der Waals surface area contributed by atoms with Gasteiger partial charge in [-0.2, -0.15) is 0 Å². The summed E-state index contributed by atoms with van der Waals surface area (Å²) in [7, 11) is 0. The molecule has 1 amide bonds. The third kappa shape index (κ3) is 2.94. The monoisotopic (exact) mass is 212 g/mol. The Morgan fingerprint density at radius 2 is 2.00 bits per heavy atom. The summed E-state index contributed by atoms with van der Waals surface area (Å²) in [5.41, 5.74) is 0. The van der Waals surface area contributed by atoms with Gasteiger partial charge in [0.2, 0.25) is 5.91 Å². The summed E-state index contributed by atoms with van der Waals surface area (Å²) in [4.78, 5) is 14.0. The molecule has 0 saturated carbocycles. The first-order valence-electron chi connectivity index (χ1n) is 6.31. The van der Waals surface area contributed by atoms with Crippen LogP contribution in [0, 0.1) is 0 Å². The molecule has 1 rings (SSSR count). The zero-order chi connectivity index (χ0) is 11.3. The number of carbonyl (C=O) groups is 1. The molecule has 0 aromatic heterocycles. The van der Waals surface area contributed by atoms with Crippen LogP contribution in [0.25, 0.3) is 0 Å². The number of nitrogens with one attached hydrogen (secondary N) is 1. The predicted molar refractivity (Wildman–Crippen MR) is 62.5 cm³/mol. The molecule has 3 heteroatoms. The van der Waals surface area contributed by atoms with Gasteiger partial charge in [-0.3, -0.25) is 10.1 Å². The van der Waals surface area contributed by atoms with Crippen molar-refractivity contribution < 1.29 is 4.79 Å². The molecular formula is C12H24N2O. The van der Waals surface area contributed by atoms with Gasteiger partial charge >= 0.3 is 0 Å². The molecule has 0 spiro atoms. The molecule has 3 nitrogen and oxygen atoms in total. The van der Waals surface area contributed by atoms with Gasteiger partial charge in [-0.25, -0.2) is 0 Å². The van der Waals surface area contributed by atoms with Crippen molar-refractivity contribution in [3.8, 4) is 0 Å². The standard InChI is InChI=1S/C12H24N2O/c1-4-7-8-10-12(15)14(9-5-2)11(6-3)13-10/h10-11,13H,4-9H2,1-3H3. The van der Waals surface area contributed by atoms with E-state index in [1.807, 2.05) is 4.90 Å². The maximum atomic E-state index is 12.0. The fraction of sp³-hybridized carbons (Fsp3) is 0.917. The summed E-state index contributed by atoms with van der Waals surface area (Å²) >= 11 is 0. The van der Waals surface area contributed by atoms with Gasteiger partial charge in [-0.1, -0.05) is 33.6 Å². The van der Waals surface area contributed by atoms with E-state index in [2.05, 4.69) is 26.1 Å². The van der Waals surface area contributed by atoms with Crippen LogP contribution in [0.1, 0.15) is 52.9 Å². The van der Waals surface area contributed by atoms with Crippen molar-refractivity contribution in [2.24, 2.45) is 0 Å². The highest BCUT2D eigenvalue weighted by Gasteiger charge is 2.36. The van der Waals surface area contributed by atoms with Crippen LogP contribution in [-0.4, -0.2) is 29.6 Å². The van der Waals surface area contributed by atoms with Crippen LogP contribution in [0.5, 0.6) is 0 Å². The number of rotatable bonds is 6. The van der Waals surface area contributed by atoms with Crippen molar-refractivity contribution >= 4 is 5.91 Å². The Labute approximate surface area is 93.2 Å². The van der Waals surface area contributed by atoms with Crippen molar-refractivity contribution in [3.63, 3.8) is 0 Å². The fourth-order valence-corrected chi connectivity index (χ4v) is 2.21. The minimum absolute atomic E-state index is 0.0847. The van der Waals surface area contributed by atoms with E-state index >= 15 is 0 Å². The van der Waals surface area contributed by atoms with Crippen LogP contribution < -0.4 is 5.32 Å². The molecule has 1 aliphatic rings. The van der Waals surface area contributed by atoms with Crippen molar-refractivity contribution in [1.29, 1.82) is 0 Å². The summed E-state index contributed by atoms with van der Waals surface area (Å²) in [5, 5.41) is 3.44. The Bertz CT molecular complexity index is 206. The van der Waals surface area contributed by atoms with Crippen LogP contribution in [0.3, 0.4) is 0 Å². The second kappa shape index (κ2) is 6.11. The summed E-state index contributed by atoms with van der Waals surface area (Å²) in [6, 6.07) is 0.0847. The molecule has 0 aliphatic carbocycles. The van der Waals surface area contributed by atoms with Gasteiger partial charge in [-0.05, 0) is 19.3 Å². The molecule has 0 aromatic carbocycles. The first kappa shape index (κ1) is 12.5. The minimum atomic E-state index is 0.0847. The average Bonchev–Trinajstić information content (AvgIpc) is 2.54. The molecule has 1 fully saturated rings. The lowest BCUT2D eigenvalue weighted by atomic mass is 10.1. The second-order valence-corrected chi connectivity index (χ2v) is 4.32. The molecule has 0 radical (unpaired) electrons. The van der Waals surface area contributed by atoms with Gasteiger partial charge < -0.3 is 4.90 Å². The molecule has 1 aliphatic heterocycles. The molecule has 1 heterocycles. The maximum absolute atomic E-state index is 12.0. The van der Waals surface area contributed by atoms with E-state index in [9.17, 15) is 4.79 Å². The van der Waals surface area contributed by atoms with E-state index < -0.39 is 0 Å². The highest BCUT2D eigenvalue weighted by molar-refractivity contribution is 5.84.